The number of amides is 2. The summed E-state index contributed by atoms with van der Waals surface area (Å²) in [6.07, 6.45) is -1.64. The number of alkyl carbamates (subject to hydrolysis) is 2. The van der Waals surface area contributed by atoms with Gasteiger partial charge in [0.25, 0.3) is 0 Å². The van der Waals surface area contributed by atoms with Gasteiger partial charge in [-0.1, -0.05) is 51.3 Å². The van der Waals surface area contributed by atoms with Crippen LogP contribution in [-0.4, -0.2) is 49.5 Å². The fourth-order valence-electron chi connectivity index (χ4n) is 3.37. The van der Waals surface area contributed by atoms with Gasteiger partial charge in [0.05, 0.1) is 11.1 Å². The van der Waals surface area contributed by atoms with Crippen molar-refractivity contribution in [2.75, 3.05) is 13.2 Å². The number of carbonyl (C=O) groups is 4. The maximum atomic E-state index is 12.7. The fraction of sp³-hybridized carbons (Fsp3) is 0.533. The second kappa shape index (κ2) is 15.1. The molecule has 0 aliphatic heterocycles. The van der Waals surface area contributed by atoms with Crippen molar-refractivity contribution in [3.8, 4) is 0 Å². The molecule has 0 spiro atoms. The number of rotatable bonds is 14. The van der Waals surface area contributed by atoms with Crippen molar-refractivity contribution in [2.24, 2.45) is 0 Å². The maximum Gasteiger partial charge on any atom is 0.408 e. The van der Waals surface area contributed by atoms with Crippen LogP contribution in [0.4, 0.5) is 9.59 Å². The molecule has 0 saturated carbocycles. The zero-order valence-corrected chi connectivity index (χ0v) is 25.0. The molecule has 0 fully saturated rings. The van der Waals surface area contributed by atoms with E-state index < -0.39 is 47.4 Å². The first kappa shape index (κ1) is 34.2. The topological polar surface area (TPSA) is 129 Å². The van der Waals surface area contributed by atoms with E-state index in [1.54, 1.807) is 13.8 Å². The van der Waals surface area contributed by atoms with Gasteiger partial charge < -0.3 is 29.6 Å². The maximum absolute atomic E-state index is 12.7. The van der Waals surface area contributed by atoms with Crippen molar-refractivity contribution in [3.63, 3.8) is 0 Å². The van der Waals surface area contributed by atoms with E-state index in [0.717, 1.165) is 11.1 Å². The van der Waals surface area contributed by atoms with Gasteiger partial charge in [-0.25, -0.2) is 19.2 Å². The van der Waals surface area contributed by atoms with Gasteiger partial charge in [-0.2, -0.15) is 0 Å². The molecule has 0 aromatic heterocycles. The lowest BCUT2D eigenvalue weighted by molar-refractivity contribution is -0.142. The molecule has 0 aliphatic rings. The van der Waals surface area contributed by atoms with Gasteiger partial charge in [-0.3, -0.25) is 0 Å². The van der Waals surface area contributed by atoms with Gasteiger partial charge in [0.1, 0.15) is 25.4 Å². The van der Waals surface area contributed by atoms with Gasteiger partial charge >= 0.3 is 24.1 Å². The lowest BCUT2D eigenvalue weighted by Gasteiger charge is -2.31. The second-order valence-corrected chi connectivity index (χ2v) is 10.7. The smallest absolute Gasteiger partial charge is 0.408 e. The highest BCUT2D eigenvalue weighted by Crippen LogP contribution is 2.27. The van der Waals surface area contributed by atoms with E-state index >= 15 is 0 Å². The highest BCUT2D eigenvalue weighted by Gasteiger charge is 2.30. The van der Waals surface area contributed by atoms with E-state index in [1.807, 2.05) is 65.8 Å². The predicted octanol–water partition coefficient (Wildman–Crippen LogP) is 5.41. The van der Waals surface area contributed by atoms with Crippen LogP contribution in [0.15, 0.2) is 48.6 Å². The molecule has 1 aromatic carbocycles. The molecule has 1 rings (SSSR count). The molecule has 2 amide bonds. The molecular formula is C30H44N2O8. The Hall–Kier alpha value is -3.82. The summed E-state index contributed by atoms with van der Waals surface area (Å²) < 4.78 is 21.1. The lowest BCUT2D eigenvalue weighted by Crippen LogP contribution is -2.44. The Morgan fingerprint density at radius 2 is 1.10 bits per heavy atom. The summed E-state index contributed by atoms with van der Waals surface area (Å²) in [6.45, 7) is 20.9. The van der Waals surface area contributed by atoms with E-state index in [9.17, 15) is 19.2 Å². The zero-order valence-electron chi connectivity index (χ0n) is 25.0. The number of esters is 2. The Bertz CT molecular complexity index is 1010. The van der Waals surface area contributed by atoms with Crippen molar-refractivity contribution in [1.29, 1.82) is 0 Å². The first-order chi connectivity index (χ1) is 18.5. The molecule has 222 valence electrons. The van der Waals surface area contributed by atoms with Crippen LogP contribution in [-0.2, 0) is 39.6 Å². The Morgan fingerprint density at radius 3 is 1.40 bits per heavy atom. The third-order valence-electron chi connectivity index (χ3n) is 6.09. The van der Waals surface area contributed by atoms with Crippen LogP contribution >= 0.6 is 0 Å². The summed E-state index contributed by atoms with van der Waals surface area (Å²) in [5.41, 5.74) is 0.393. The molecule has 1 aromatic rings. The molecule has 2 N–H and O–H groups in total. The van der Waals surface area contributed by atoms with Crippen molar-refractivity contribution >= 4 is 24.1 Å². The minimum atomic E-state index is -0.836. The Kier molecular flexibility index (Phi) is 12.9. The Morgan fingerprint density at radius 1 is 0.750 bits per heavy atom. The molecular weight excluding hydrogens is 516 g/mol. The van der Waals surface area contributed by atoms with Crippen molar-refractivity contribution < 1.29 is 38.1 Å². The quantitative estimate of drug-likeness (QED) is 0.176. The van der Waals surface area contributed by atoms with Gasteiger partial charge in [0.15, 0.2) is 0 Å². The summed E-state index contributed by atoms with van der Waals surface area (Å²) >= 11 is 0. The molecule has 1 unspecified atom stereocenters. The molecule has 10 nitrogen and oxygen atoms in total. The standard InChI is InChI=1S/C30H44N2O8/c1-11-23(17-37-25(33)19(3)4)39-27(35)31-29(7,8)21-14-13-15-22(16-21)30(9,10)32-28(36)40-24(12-2)18-38-26(34)20(5)6/h13-16,23-24H,3,5,11-12,17-18H2,1-2,4,6-10H3,(H,31,35)(H,32,36)/t23-,24?/m0/s1. The van der Waals surface area contributed by atoms with Crippen LogP contribution < -0.4 is 10.6 Å². The number of hydrogen-bond donors (Lipinski definition) is 2. The van der Waals surface area contributed by atoms with Crippen LogP contribution in [0.1, 0.15) is 79.4 Å². The SMILES string of the molecule is C=C(C)C(=O)OCC(CC)OC(=O)NC(C)(C)c1cccc(C(C)(C)NC(=O)O[C@@H](CC)COC(=O)C(=C)C)c1. The third-order valence-corrected chi connectivity index (χ3v) is 6.09. The minimum Gasteiger partial charge on any atom is -0.458 e. The molecule has 2 atom stereocenters. The number of ether oxygens (including phenoxy) is 4. The summed E-state index contributed by atoms with van der Waals surface area (Å²) in [6, 6.07) is 7.41. The average molecular weight is 561 g/mol. The molecule has 10 heteroatoms. The van der Waals surface area contributed by atoms with E-state index in [-0.39, 0.29) is 24.4 Å². The second-order valence-electron chi connectivity index (χ2n) is 10.7. The number of nitrogens with one attached hydrogen (secondary N) is 2. The van der Waals surface area contributed by atoms with Gasteiger partial charge in [-0.15, -0.1) is 0 Å². The number of benzene rings is 1. The minimum absolute atomic E-state index is 0.0727. The highest BCUT2D eigenvalue weighted by molar-refractivity contribution is 5.87. The first-order valence-electron chi connectivity index (χ1n) is 13.3. The van der Waals surface area contributed by atoms with E-state index in [1.165, 1.54) is 0 Å². The van der Waals surface area contributed by atoms with Gasteiger partial charge in [0.2, 0.25) is 0 Å². The largest absolute Gasteiger partial charge is 0.458 e. The third kappa shape index (κ3) is 11.1. The Balaban J connectivity index is 2.87. The van der Waals surface area contributed by atoms with Crippen molar-refractivity contribution in [2.45, 2.75) is 91.5 Å². The number of hydrogen-bond acceptors (Lipinski definition) is 8. The Labute approximate surface area is 237 Å². The monoisotopic (exact) mass is 560 g/mol. The van der Waals surface area contributed by atoms with Crippen molar-refractivity contribution in [3.05, 3.63) is 59.7 Å². The number of carbonyl (C=O) groups excluding carboxylic acids is 4. The highest BCUT2D eigenvalue weighted by atomic mass is 16.6. The fourth-order valence-corrected chi connectivity index (χ4v) is 3.37. The van der Waals surface area contributed by atoms with E-state index in [0.29, 0.717) is 12.8 Å². The molecule has 0 radical (unpaired) electrons. The lowest BCUT2D eigenvalue weighted by atomic mass is 9.87. The van der Waals surface area contributed by atoms with Crippen LogP contribution in [0.3, 0.4) is 0 Å². The molecule has 0 bridgehead atoms. The van der Waals surface area contributed by atoms with Gasteiger partial charge in [-0.05, 0) is 65.5 Å². The average Bonchev–Trinajstić information content (AvgIpc) is 2.87. The summed E-state index contributed by atoms with van der Waals surface area (Å²) in [4.78, 5) is 48.6. The van der Waals surface area contributed by atoms with Crippen LogP contribution in [0.2, 0.25) is 0 Å². The molecule has 0 saturated heterocycles. The normalized spacial score (nSPS) is 12.8. The van der Waals surface area contributed by atoms with E-state index in [4.69, 9.17) is 18.9 Å². The first-order valence-corrected chi connectivity index (χ1v) is 13.3. The van der Waals surface area contributed by atoms with E-state index in [2.05, 4.69) is 23.8 Å². The van der Waals surface area contributed by atoms with Crippen LogP contribution in [0.25, 0.3) is 0 Å². The predicted molar refractivity (Wildman–Crippen MR) is 151 cm³/mol. The molecule has 0 heterocycles. The zero-order chi connectivity index (χ0) is 30.7. The summed E-state index contributed by atoms with van der Waals surface area (Å²) in [5.74, 6) is -1.09. The van der Waals surface area contributed by atoms with Crippen LogP contribution in [0.5, 0.6) is 0 Å². The molecule has 40 heavy (non-hydrogen) atoms. The van der Waals surface area contributed by atoms with Crippen LogP contribution in [0, 0.1) is 0 Å². The summed E-state index contributed by atoms with van der Waals surface area (Å²) in [7, 11) is 0. The summed E-state index contributed by atoms with van der Waals surface area (Å²) in [5, 5.41) is 5.71. The molecule has 0 aliphatic carbocycles. The van der Waals surface area contributed by atoms with Gasteiger partial charge in [0, 0.05) is 11.1 Å². The van der Waals surface area contributed by atoms with Crippen molar-refractivity contribution in [1.82, 2.24) is 10.6 Å².